The van der Waals surface area contributed by atoms with Crippen LogP contribution in [0, 0.1) is 0 Å². The maximum absolute atomic E-state index is 5.85. The summed E-state index contributed by atoms with van der Waals surface area (Å²) in [5, 5.41) is 8.17. The minimum atomic E-state index is 0.357. The first-order chi connectivity index (χ1) is 7.86. The highest BCUT2D eigenvalue weighted by atomic mass is 35.5. The largest absolute Gasteiger partial charge is 0.255 e. The topological polar surface area (TPSA) is 43.6 Å². The molecular formula is C11H13ClN4. The van der Waals surface area contributed by atoms with Crippen LogP contribution in [0.1, 0.15) is 19.0 Å². The second kappa shape index (κ2) is 5.07. The number of hydrogen-bond acceptors (Lipinski definition) is 3. The van der Waals surface area contributed by atoms with Gasteiger partial charge in [-0.15, -0.1) is 16.7 Å². The van der Waals surface area contributed by atoms with Crippen LogP contribution in [-0.4, -0.2) is 20.0 Å². The number of nitrogens with zero attached hydrogens (tertiary/aromatic N) is 4. The molecule has 0 N–H and O–H groups in total. The fraction of sp³-hybridized carbons (Fsp3) is 0.364. The maximum atomic E-state index is 5.85. The smallest absolute Gasteiger partial charge is 0.111 e. The molecule has 0 saturated carbocycles. The van der Waals surface area contributed by atoms with Crippen LogP contribution in [0.15, 0.2) is 24.4 Å². The van der Waals surface area contributed by atoms with Gasteiger partial charge in [0.1, 0.15) is 11.4 Å². The number of alkyl halides is 1. The standard InChI is InChI=1S/C11H13ClN4/c1-2-7-16-11(10(8-12)14-15-16)9-5-3-4-6-13-9/h3-6H,2,7-8H2,1H3. The third-order valence-electron chi connectivity index (χ3n) is 2.27. The first-order valence-electron chi connectivity index (χ1n) is 5.26. The van der Waals surface area contributed by atoms with E-state index in [4.69, 9.17) is 11.6 Å². The molecule has 5 heteroatoms. The molecule has 2 aromatic rings. The Morgan fingerprint density at radius 2 is 2.25 bits per heavy atom. The summed E-state index contributed by atoms with van der Waals surface area (Å²) in [5.41, 5.74) is 2.59. The average Bonchev–Trinajstić information content (AvgIpc) is 2.74. The number of pyridine rings is 1. The quantitative estimate of drug-likeness (QED) is 0.766. The van der Waals surface area contributed by atoms with Gasteiger partial charge >= 0.3 is 0 Å². The van der Waals surface area contributed by atoms with Crippen LogP contribution >= 0.6 is 11.6 Å². The fourth-order valence-electron chi connectivity index (χ4n) is 1.59. The van der Waals surface area contributed by atoms with E-state index in [2.05, 4.69) is 22.2 Å². The number of aryl methyl sites for hydroxylation is 1. The van der Waals surface area contributed by atoms with Gasteiger partial charge in [0.05, 0.1) is 11.6 Å². The second-order valence-electron chi connectivity index (χ2n) is 3.46. The van der Waals surface area contributed by atoms with E-state index in [0.717, 1.165) is 30.0 Å². The Kier molecular flexibility index (Phi) is 3.51. The summed E-state index contributed by atoms with van der Waals surface area (Å²) in [4.78, 5) is 4.31. The lowest BCUT2D eigenvalue weighted by molar-refractivity contribution is 0.583. The molecule has 0 unspecified atom stereocenters. The van der Waals surface area contributed by atoms with Gasteiger partial charge in [-0.05, 0) is 18.6 Å². The minimum Gasteiger partial charge on any atom is -0.255 e. The molecule has 0 radical (unpaired) electrons. The minimum absolute atomic E-state index is 0.357. The molecular weight excluding hydrogens is 224 g/mol. The summed E-state index contributed by atoms with van der Waals surface area (Å²) in [6.07, 6.45) is 2.77. The van der Waals surface area contributed by atoms with Gasteiger partial charge in [-0.25, -0.2) is 4.68 Å². The van der Waals surface area contributed by atoms with Crippen molar-refractivity contribution in [3.8, 4) is 11.4 Å². The van der Waals surface area contributed by atoms with Gasteiger partial charge in [-0.3, -0.25) is 4.98 Å². The zero-order chi connectivity index (χ0) is 11.4. The second-order valence-corrected chi connectivity index (χ2v) is 3.72. The number of aromatic nitrogens is 4. The van der Waals surface area contributed by atoms with E-state index in [9.17, 15) is 0 Å². The average molecular weight is 237 g/mol. The normalized spacial score (nSPS) is 10.6. The Balaban J connectivity index is 2.48. The molecule has 0 aliphatic carbocycles. The number of halogens is 1. The zero-order valence-corrected chi connectivity index (χ0v) is 9.85. The van der Waals surface area contributed by atoms with Gasteiger partial charge in [-0.1, -0.05) is 18.2 Å². The highest BCUT2D eigenvalue weighted by Crippen LogP contribution is 2.21. The van der Waals surface area contributed by atoms with Crippen LogP contribution in [0.4, 0.5) is 0 Å². The van der Waals surface area contributed by atoms with E-state index in [1.807, 2.05) is 22.9 Å². The maximum Gasteiger partial charge on any atom is 0.111 e. The SMILES string of the molecule is CCCn1nnc(CCl)c1-c1ccccn1. The van der Waals surface area contributed by atoms with E-state index in [1.54, 1.807) is 6.20 Å². The predicted molar refractivity (Wildman–Crippen MR) is 63.1 cm³/mol. The molecule has 0 saturated heterocycles. The molecule has 2 heterocycles. The van der Waals surface area contributed by atoms with Crippen molar-refractivity contribution in [2.45, 2.75) is 25.8 Å². The molecule has 0 spiro atoms. The van der Waals surface area contributed by atoms with Gasteiger partial charge in [-0.2, -0.15) is 0 Å². The van der Waals surface area contributed by atoms with Crippen LogP contribution in [0.5, 0.6) is 0 Å². The molecule has 2 aromatic heterocycles. The summed E-state index contributed by atoms with van der Waals surface area (Å²) < 4.78 is 1.86. The fourth-order valence-corrected chi connectivity index (χ4v) is 1.77. The Morgan fingerprint density at radius 1 is 1.38 bits per heavy atom. The molecule has 84 valence electrons. The highest BCUT2D eigenvalue weighted by Gasteiger charge is 2.14. The van der Waals surface area contributed by atoms with Crippen molar-refractivity contribution in [3.05, 3.63) is 30.1 Å². The van der Waals surface area contributed by atoms with Crippen molar-refractivity contribution in [2.24, 2.45) is 0 Å². The Bertz CT molecular complexity index is 452. The van der Waals surface area contributed by atoms with E-state index in [1.165, 1.54) is 0 Å². The summed E-state index contributed by atoms with van der Waals surface area (Å²) in [7, 11) is 0. The van der Waals surface area contributed by atoms with Crippen molar-refractivity contribution in [2.75, 3.05) is 0 Å². The van der Waals surface area contributed by atoms with E-state index < -0.39 is 0 Å². The molecule has 0 aliphatic rings. The van der Waals surface area contributed by atoms with E-state index in [0.29, 0.717) is 5.88 Å². The summed E-state index contributed by atoms with van der Waals surface area (Å²) in [6, 6.07) is 5.78. The highest BCUT2D eigenvalue weighted by molar-refractivity contribution is 6.17. The van der Waals surface area contributed by atoms with Crippen LogP contribution in [0.2, 0.25) is 0 Å². The lowest BCUT2D eigenvalue weighted by atomic mass is 10.2. The van der Waals surface area contributed by atoms with Crippen molar-refractivity contribution >= 4 is 11.6 Å². The molecule has 0 aromatic carbocycles. The van der Waals surface area contributed by atoms with Crippen molar-refractivity contribution in [3.63, 3.8) is 0 Å². The van der Waals surface area contributed by atoms with E-state index in [-0.39, 0.29) is 0 Å². The lowest BCUT2D eigenvalue weighted by Crippen LogP contribution is -2.02. The van der Waals surface area contributed by atoms with Gasteiger partial charge < -0.3 is 0 Å². The van der Waals surface area contributed by atoms with Crippen LogP contribution in [-0.2, 0) is 12.4 Å². The van der Waals surface area contributed by atoms with Gasteiger partial charge in [0, 0.05) is 12.7 Å². The first-order valence-corrected chi connectivity index (χ1v) is 5.80. The van der Waals surface area contributed by atoms with Crippen molar-refractivity contribution < 1.29 is 0 Å². The summed E-state index contributed by atoms with van der Waals surface area (Å²) >= 11 is 5.85. The van der Waals surface area contributed by atoms with Crippen LogP contribution in [0.3, 0.4) is 0 Å². The molecule has 0 aliphatic heterocycles. The molecule has 0 fully saturated rings. The lowest BCUT2D eigenvalue weighted by Gasteiger charge is -2.04. The van der Waals surface area contributed by atoms with E-state index >= 15 is 0 Å². The molecule has 0 atom stereocenters. The first kappa shape index (κ1) is 11.1. The van der Waals surface area contributed by atoms with Crippen LogP contribution in [0.25, 0.3) is 11.4 Å². The molecule has 0 amide bonds. The van der Waals surface area contributed by atoms with Gasteiger partial charge in [0.15, 0.2) is 0 Å². The monoisotopic (exact) mass is 236 g/mol. The third-order valence-corrected chi connectivity index (χ3v) is 2.53. The Labute approximate surface area is 99.3 Å². The van der Waals surface area contributed by atoms with Crippen molar-refractivity contribution in [1.82, 2.24) is 20.0 Å². The predicted octanol–water partition coefficient (Wildman–Crippen LogP) is 2.49. The number of hydrogen-bond donors (Lipinski definition) is 0. The Hall–Kier alpha value is -1.42. The summed E-state index contributed by atoms with van der Waals surface area (Å²) in [5.74, 6) is 0.357. The summed E-state index contributed by atoms with van der Waals surface area (Å²) in [6.45, 7) is 2.93. The van der Waals surface area contributed by atoms with Crippen molar-refractivity contribution in [1.29, 1.82) is 0 Å². The van der Waals surface area contributed by atoms with Gasteiger partial charge in [0.2, 0.25) is 0 Å². The van der Waals surface area contributed by atoms with Gasteiger partial charge in [0.25, 0.3) is 0 Å². The molecule has 4 nitrogen and oxygen atoms in total. The third kappa shape index (κ3) is 2.07. The van der Waals surface area contributed by atoms with Crippen LogP contribution < -0.4 is 0 Å². The molecule has 2 rings (SSSR count). The molecule has 0 bridgehead atoms. The number of rotatable bonds is 4. The zero-order valence-electron chi connectivity index (χ0n) is 9.10. The Morgan fingerprint density at radius 3 is 2.88 bits per heavy atom. The molecule has 16 heavy (non-hydrogen) atoms.